The van der Waals surface area contributed by atoms with Crippen LogP contribution in [0.25, 0.3) is 17.2 Å². The van der Waals surface area contributed by atoms with E-state index in [9.17, 15) is 9.90 Å². The van der Waals surface area contributed by atoms with E-state index in [1.807, 2.05) is 0 Å². The summed E-state index contributed by atoms with van der Waals surface area (Å²) >= 11 is 0. The highest BCUT2D eigenvalue weighted by Crippen LogP contribution is 2.34. The van der Waals surface area contributed by atoms with Crippen LogP contribution in [-0.2, 0) is 0 Å². The second kappa shape index (κ2) is 8.25. The number of H-pyrrole nitrogens is 1. The molecule has 0 bridgehead atoms. The molecule has 0 spiro atoms. The van der Waals surface area contributed by atoms with E-state index in [0.29, 0.717) is 35.5 Å². The molecule has 0 aliphatic heterocycles. The molecule has 0 radical (unpaired) electrons. The molecule has 154 valence electrons. The number of amides is 1. The number of carbonyl (C=O) groups is 1. The Balaban J connectivity index is 1.57. The van der Waals surface area contributed by atoms with Crippen molar-refractivity contribution in [3.8, 4) is 11.5 Å². The van der Waals surface area contributed by atoms with Gasteiger partial charge < -0.3 is 14.8 Å². The van der Waals surface area contributed by atoms with Crippen LogP contribution in [0, 0.1) is 0 Å². The van der Waals surface area contributed by atoms with Crippen LogP contribution in [0.4, 0.5) is 5.69 Å². The standard InChI is InChI=1S/C19H20N8O3/c1-11(21-4-3-20-2)17-15(9-27(26-17)13-5-14(28)6-13)24-18(29)16-10-30-19(25-16)12-7-22-23-8-12/h3-4,7-10,13-14,28H,1,5-6H2,2H3,(H,22,23)(H,24,29). The van der Waals surface area contributed by atoms with Gasteiger partial charge in [0.15, 0.2) is 5.69 Å². The van der Waals surface area contributed by atoms with Gasteiger partial charge in [0.25, 0.3) is 5.91 Å². The zero-order chi connectivity index (χ0) is 21.1. The van der Waals surface area contributed by atoms with Gasteiger partial charge in [-0.2, -0.15) is 10.2 Å². The number of nitrogens with zero attached hydrogens (tertiary/aromatic N) is 6. The average Bonchev–Trinajstić information content (AvgIpc) is 3.45. The molecule has 1 aliphatic carbocycles. The number of carbonyl (C=O) groups excluding carboxylic acids is 1. The molecule has 3 heterocycles. The van der Waals surface area contributed by atoms with Gasteiger partial charge in [-0.05, 0) is 12.8 Å². The van der Waals surface area contributed by atoms with Gasteiger partial charge in [0, 0.05) is 31.9 Å². The van der Waals surface area contributed by atoms with Gasteiger partial charge in [0.2, 0.25) is 5.89 Å². The molecule has 1 aliphatic rings. The summed E-state index contributed by atoms with van der Waals surface area (Å²) in [5.74, 6) is -0.184. The minimum absolute atomic E-state index is 0.0538. The smallest absolute Gasteiger partial charge is 0.277 e. The number of aliphatic imine (C=N–C) groups is 2. The number of hydrogen-bond acceptors (Lipinski definition) is 8. The van der Waals surface area contributed by atoms with Crippen molar-refractivity contribution in [2.45, 2.75) is 25.0 Å². The molecule has 0 unspecified atom stereocenters. The van der Waals surface area contributed by atoms with E-state index in [1.54, 1.807) is 30.3 Å². The monoisotopic (exact) mass is 408 g/mol. The molecule has 11 nitrogen and oxygen atoms in total. The Hall–Kier alpha value is -3.86. The molecule has 0 saturated heterocycles. The lowest BCUT2D eigenvalue weighted by Crippen LogP contribution is -2.31. The fourth-order valence-electron chi connectivity index (χ4n) is 2.97. The molecule has 1 fully saturated rings. The molecule has 3 aromatic rings. The van der Waals surface area contributed by atoms with E-state index < -0.39 is 5.91 Å². The number of aliphatic hydroxyl groups excluding tert-OH is 1. The first-order chi connectivity index (χ1) is 14.5. The van der Waals surface area contributed by atoms with E-state index in [2.05, 4.69) is 42.2 Å². The van der Waals surface area contributed by atoms with E-state index in [0.717, 1.165) is 0 Å². The molecule has 30 heavy (non-hydrogen) atoms. The fraction of sp³-hybridized carbons (Fsp3) is 0.263. The highest BCUT2D eigenvalue weighted by atomic mass is 16.3. The van der Waals surface area contributed by atoms with Crippen molar-refractivity contribution in [3.05, 3.63) is 42.8 Å². The number of rotatable bonds is 7. The Kier molecular flexibility index (Phi) is 5.35. The van der Waals surface area contributed by atoms with Gasteiger partial charge in [0.1, 0.15) is 12.0 Å². The zero-order valence-electron chi connectivity index (χ0n) is 16.2. The summed E-state index contributed by atoms with van der Waals surface area (Å²) in [5.41, 5.74) is 1.96. The number of aromatic nitrogens is 5. The maximum Gasteiger partial charge on any atom is 0.277 e. The van der Waals surface area contributed by atoms with Crippen LogP contribution in [0.3, 0.4) is 0 Å². The maximum atomic E-state index is 12.7. The number of aromatic amines is 1. The van der Waals surface area contributed by atoms with Crippen molar-refractivity contribution in [1.29, 1.82) is 0 Å². The topological polar surface area (TPSA) is 147 Å². The minimum Gasteiger partial charge on any atom is -0.444 e. The average molecular weight is 408 g/mol. The highest BCUT2D eigenvalue weighted by molar-refractivity contribution is 6.17. The third-order valence-electron chi connectivity index (χ3n) is 4.64. The van der Waals surface area contributed by atoms with Gasteiger partial charge in [0.05, 0.1) is 35.3 Å². The maximum absolute atomic E-state index is 12.7. The molecule has 3 aromatic heterocycles. The molecular weight excluding hydrogens is 388 g/mol. The van der Waals surface area contributed by atoms with Crippen LogP contribution < -0.4 is 5.32 Å². The molecule has 11 heteroatoms. The van der Waals surface area contributed by atoms with Crippen molar-refractivity contribution < 1.29 is 14.3 Å². The molecule has 0 aromatic carbocycles. The Morgan fingerprint density at radius 1 is 1.47 bits per heavy atom. The first-order valence-electron chi connectivity index (χ1n) is 9.22. The summed E-state index contributed by atoms with van der Waals surface area (Å²) in [6.45, 7) is 3.93. The SMILES string of the molecule is C=C(N=CC=NC)c1nn(C2CC(O)C2)cc1NC(=O)c1coc(-c2cn[nH]c2)n1. The summed E-state index contributed by atoms with van der Waals surface area (Å²) in [6.07, 6.45) is 10.0. The number of oxazole rings is 1. The number of nitrogens with one attached hydrogen (secondary N) is 2. The van der Waals surface area contributed by atoms with E-state index in [-0.39, 0.29) is 23.7 Å². The summed E-state index contributed by atoms with van der Waals surface area (Å²) < 4.78 is 7.07. The number of anilines is 1. The van der Waals surface area contributed by atoms with Crippen LogP contribution in [0.1, 0.15) is 35.1 Å². The summed E-state index contributed by atoms with van der Waals surface area (Å²) in [7, 11) is 1.63. The Bertz CT molecular complexity index is 1100. The predicted molar refractivity (Wildman–Crippen MR) is 110 cm³/mol. The molecule has 1 amide bonds. The van der Waals surface area contributed by atoms with Gasteiger partial charge in [-0.3, -0.25) is 24.6 Å². The molecule has 1 saturated carbocycles. The van der Waals surface area contributed by atoms with Gasteiger partial charge in [-0.1, -0.05) is 6.58 Å². The second-order valence-corrected chi connectivity index (χ2v) is 6.76. The lowest BCUT2D eigenvalue weighted by atomic mass is 9.90. The number of hydrogen-bond donors (Lipinski definition) is 3. The molecule has 3 N–H and O–H groups in total. The van der Waals surface area contributed by atoms with Crippen LogP contribution >= 0.6 is 0 Å². The normalized spacial score (nSPS) is 18.7. The van der Waals surface area contributed by atoms with Crippen LogP contribution in [0.2, 0.25) is 0 Å². The summed E-state index contributed by atoms with van der Waals surface area (Å²) in [4.78, 5) is 25.0. The van der Waals surface area contributed by atoms with E-state index >= 15 is 0 Å². The summed E-state index contributed by atoms with van der Waals surface area (Å²) in [5, 5.41) is 23.4. The van der Waals surface area contributed by atoms with Crippen molar-refractivity contribution in [3.63, 3.8) is 0 Å². The van der Waals surface area contributed by atoms with Crippen molar-refractivity contribution in [2.24, 2.45) is 9.98 Å². The van der Waals surface area contributed by atoms with Gasteiger partial charge in [-0.25, -0.2) is 4.98 Å². The molecular formula is C19H20N8O3. The van der Waals surface area contributed by atoms with Crippen LogP contribution in [0.15, 0.2) is 45.8 Å². The van der Waals surface area contributed by atoms with E-state index in [1.165, 1.54) is 18.7 Å². The van der Waals surface area contributed by atoms with Gasteiger partial charge in [-0.15, -0.1) is 0 Å². The minimum atomic E-state index is -0.463. The second-order valence-electron chi connectivity index (χ2n) is 6.76. The van der Waals surface area contributed by atoms with Crippen molar-refractivity contribution in [2.75, 3.05) is 12.4 Å². The largest absolute Gasteiger partial charge is 0.444 e. The quantitative estimate of drug-likeness (QED) is 0.509. The third-order valence-corrected chi connectivity index (χ3v) is 4.64. The number of aliphatic hydroxyl groups is 1. The van der Waals surface area contributed by atoms with Crippen LogP contribution in [0.5, 0.6) is 0 Å². The van der Waals surface area contributed by atoms with E-state index in [4.69, 9.17) is 4.42 Å². The first kappa shape index (κ1) is 19.5. The Morgan fingerprint density at radius 2 is 2.30 bits per heavy atom. The molecule has 0 atom stereocenters. The Morgan fingerprint density at radius 3 is 3.00 bits per heavy atom. The fourth-order valence-corrected chi connectivity index (χ4v) is 2.97. The predicted octanol–water partition coefficient (Wildman–Crippen LogP) is 1.95. The third kappa shape index (κ3) is 3.96. The van der Waals surface area contributed by atoms with Crippen molar-refractivity contribution >= 4 is 29.7 Å². The zero-order valence-corrected chi connectivity index (χ0v) is 16.2. The highest BCUT2D eigenvalue weighted by Gasteiger charge is 2.30. The molecule has 4 rings (SSSR count). The van der Waals surface area contributed by atoms with Crippen LogP contribution in [-0.4, -0.2) is 61.6 Å². The van der Waals surface area contributed by atoms with Gasteiger partial charge >= 0.3 is 0 Å². The lowest BCUT2D eigenvalue weighted by molar-refractivity contribution is 0.0434. The summed E-state index contributed by atoms with van der Waals surface area (Å²) in [6, 6.07) is 0.0538. The first-order valence-corrected chi connectivity index (χ1v) is 9.22. The lowest BCUT2D eigenvalue weighted by Gasteiger charge is -2.31. The van der Waals surface area contributed by atoms with Crippen molar-refractivity contribution in [1.82, 2.24) is 25.0 Å². The Labute approximate surface area is 171 Å².